The van der Waals surface area contributed by atoms with Crippen molar-refractivity contribution in [2.45, 2.75) is 59.8 Å². The predicted molar refractivity (Wildman–Crippen MR) is 58.8 cm³/mol. The normalized spacial score (nSPS) is 12.5. The van der Waals surface area contributed by atoms with E-state index < -0.39 is 0 Å². The average molecular weight is 186 g/mol. The Kier molecular flexibility index (Phi) is 6.40. The minimum Gasteiger partial charge on any atom is -0.396 e. The maximum Gasteiger partial charge on any atom is 0.0482 e. The van der Waals surface area contributed by atoms with Gasteiger partial charge in [-0.2, -0.15) is 0 Å². The van der Waals surface area contributed by atoms with E-state index in [1.54, 1.807) is 0 Å². The van der Waals surface area contributed by atoms with E-state index in [-0.39, 0.29) is 5.41 Å². The van der Waals surface area contributed by atoms with E-state index in [9.17, 15) is 5.11 Å². The van der Waals surface area contributed by atoms with Gasteiger partial charge in [0.25, 0.3) is 0 Å². The van der Waals surface area contributed by atoms with Crippen molar-refractivity contribution in [3.63, 3.8) is 0 Å². The van der Waals surface area contributed by atoms with E-state index in [0.717, 1.165) is 5.92 Å². The molecule has 0 aliphatic carbocycles. The number of rotatable bonds is 7. The van der Waals surface area contributed by atoms with Gasteiger partial charge >= 0.3 is 0 Å². The molecule has 0 amide bonds. The average Bonchev–Trinajstić information content (AvgIpc) is 2.05. The van der Waals surface area contributed by atoms with Crippen LogP contribution in [0.3, 0.4) is 0 Å². The van der Waals surface area contributed by atoms with Crippen LogP contribution in [-0.4, -0.2) is 11.7 Å². The highest BCUT2D eigenvalue weighted by atomic mass is 16.3. The molecule has 80 valence electrons. The van der Waals surface area contributed by atoms with Crippen molar-refractivity contribution < 1.29 is 5.11 Å². The maximum absolute atomic E-state index is 9.18. The van der Waals surface area contributed by atoms with Gasteiger partial charge in [-0.25, -0.2) is 0 Å². The first-order chi connectivity index (χ1) is 6.05. The van der Waals surface area contributed by atoms with E-state index in [1.807, 2.05) is 0 Å². The zero-order valence-corrected chi connectivity index (χ0v) is 9.77. The Morgan fingerprint density at radius 2 is 1.54 bits per heavy atom. The fourth-order valence-electron chi connectivity index (χ4n) is 2.01. The van der Waals surface area contributed by atoms with Crippen molar-refractivity contribution in [2.75, 3.05) is 6.61 Å². The van der Waals surface area contributed by atoms with Crippen LogP contribution in [0.2, 0.25) is 0 Å². The molecule has 0 aliphatic rings. The molecule has 1 N–H and O–H groups in total. The fourth-order valence-corrected chi connectivity index (χ4v) is 2.01. The second-order valence-electron chi connectivity index (χ2n) is 4.97. The van der Waals surface area contributed by atoms with Crippen LogP contribution in [0.15, 0.2) is 0 Å². The van der Waals surface area contributed by atoms with Gasteiger partial charge in [-0.05, 0) is 17.8 Å². The van der Waals surface area contributed by atoms with Gasteiger partial charge in [0.15, 0.2) is 0 Å². The van der Waals surface area contributed by atoms with Crippen molar-refractivity contribution in [3.05, 3.63) is 0 Å². The van der Waals surface area contributed by atoms with E-state index in [2.05, 4.69) is 27.7 Å². The third-order valence-electron chi connectivity index (χ3n) is 2.66. The van der Waals surface area contributed by atoms with Crippen molar-refractivity contribution in [1.82, 2.24) is 0 Å². The maximum atomic E-state index is 9.18. The van der Waals surface area contributed by atoms with Gasteiger partial charge < -0.3 is 5.11 Å². The molecule has 0 aromatic rings. The summed E-state index contributed by atoms with van der Waals surface area (Å²) >= 11 is 0. The van der Waals surface area contributed by atoms with E-state index >= 15 is 0 Å². The molecule has 0 saturated heterocycles. The van der Waals surface area contributed by atoms with Crippen LogP contribution in [0.4, 0.5) is 0 Å². The Labute approximate surface area is 83.5 Å². The van der Waals surface area contributed by atoms with Crippen LogP contribution in [-0.2, 0) is 0 Å². The van der Waals surface area contributed by atoms with Crippen molar-refractivity contribution >= 4 is 0 Å². The summed E-state index contributed by atoms with van der Waals surface area (Å²) in [5.41, 5.74) is 0.120. The molecular formula is C12H26O. The molecule has 0 heterocycles. The molecule has 0 aromatic carbocycles. The lowest BCUT2D eigenvalue weighted by atomic mass is 9.80. The molecule has 0 rings (SSSR count). The van der Waals surface area contributed by atoms with Gasteiger partial charge in [-0.15, -0.1) is 0 Å². The summed E-state index contributed by atoms with van der Waals surface area (Å²) in [6.07, 6.45) is 6.35. The molecule has 0 aliphatic heterocycles. The lowest BCUT2D eigenvalue weighted by molar-refractivity contribution is 0.125. The highest BCUT2D eigenvalue weighted by Gasteiger charge is 2.21. The zero-order valence-electron chi connectivity index (χ0n) is 9.77. The third-order valence-corrected chi connectivity index (χ3v) is 2.66. The summed E-state index contributed by atoms with van der Waals surface area (Å²) in [4.78, 5) is 0. The Morgan fingerprint density at radius 1 is 1.08 bits per heavy atom. The summed E-state index contributed by atoms with van der Waals surface area (Å²) in [5, 5.41) is 9.18. The van der Waals surface area contributed by atoms with Gasteiger partial charge in [0.05, 0.1) is 0 Å². The highest BCUT2D eigenvalue weighted by Crippen LogP contribution is 2.29. The summed E-state index contributed by atoms with van der Waals surface area (Å²) in [5.74, 6) is 0.817. The van der Waals surface area contributed by atoms with Crippen molar-refractivity contribution in [2.24, 2.45) is 11.3 Å². The second-order valence-corrected chi connectivity index (χ2v) is 4.97. The topological polar surface area (TPSA) is 20.2 Å². The number of aliphatic hydroxyl groups excluding tert-OH is 1. The van der Waals surface area contributed by atoms with Gasteiger partial charge in [-0.3, -0.25) is 0 Å². The van der Waals surface area contributed by atoms with Crippen LogP contribution < -0.4 is 0 Å². The van der Waals surface area contributed by atoms with E-state index in [1.165, 1.54) is 32.1 Å². The largest absolute Gasteiger partial charge is 0.396 e. The molecule has 13 heavy (non-hydrogen) atoms. The first-order valence-electron chi connectivity index (χ1n) is 5.66. The molecule has 0 radical (unpaired) electrons. The van der Waals surface area contributed by atoms with Crippen molar-refractivity contribution in [1.29, 1.82) is 0 Å². The second kappa shape index (κ2) is 6.42. The van der Waals surface area contributed by atoms with Crippen LogP contribution in [0.5, 0.6) is 0 Å². The molecule has 0 bridgehead atoms. The minimum atomic E-state index is 0.120. The first kappa shape index (κ1) is 13.0. The molecule has 0 saturated carbocycles. The minimum absolute atomic E-state index is 0.120. The number of aliphatic hydroxyl groups is 1. The van der Waals surface area contributed by atoms with Gasteiger partial charge in [0.1, 0.15) is 0 Å². The summed E-state index contributed by atoms with van der Waals surface area (Å²) in [6, 6.07) is 0. The van der Waals surface area contributed by atoms with Gasteiger partial charge in [0, 0.05) is 6.61 Å². The number of hydrogen-bond acceptors (Lipinski definition) is 1. The molecule has 0 fully saturated rings. The molecule has 0 aromatic heterocycles. The molecule has 0 unspecified atom stereocenters. The molecule has 1 heteroatoms. The molecule has 1 nitrogen and oxygen atoms in total. The lowest BCUT2D eigenvalue weighted by Gasteiger charge is -2.27. The Hall–Kier alpha value is -0.0400. The van der Waals surface area contributed by atoms with Crippen LogP contribution in [0.1, 0.15) is 59.8 Å². The summed E-state index contributed by atoms with van der Waals surface area (Å²) in [7, 11) is 0. The van der Waals surface area contributed by atoms with E-state index in [4.69, 9.17) is 0 Å². The Bertz CT molecular complexity index is 112. The Balaban J connectivity index is 3.92. The standard InChI is InChI=1S/C12H26O/c1-5-7-11(8-6-2)9-12(3,4)10-13/h11,13H,5-10H2,1-4H3. The predicted octanol–water partition coefficient (Wildman–Crippen LogP) is 3.61. The molecule has 0 spiro atoms. The molecule has 0 atom stereocenters. The zero-order chi connectivity index (χ0) is 10.3. The lowest BCUT2D eigenvalue weighted by Crippen LogP contribution is -2.21. The highest BCUT2D eigenvalue weighted by molar-refractivity contribution is 4.72. The summed E-state index contributed by atoms with van der Waals surface area (Å²) in [6.45, 7) is 9.12. The SMILES string of the molecule is CCCC(CCC)CC(C)(C)CO. The van der Waals surface area contributed by atoms with Crippen molar-refractivity contribution in [3.8, 4) is 0 Å². The number of hydrogen-bond donors (Lipinski definition) is 1. The van der Waals surface area contributed by atoms with Crippen LogP contribution in [0, 0.1) is 11.3 Å². The first-order valence-corrected chi connectivity index (χ1v) is 5.66. The Morgan fingerprint density at radius 3 is 1.85 bits per heavy atom. The van der Waals surface area contributed by atoms with Gasteiger partial charge in [-0.1, -0.05) is 53.4 Å². The fraction of sp³-hybridized carbons (Fsp3) is 1.00. The quantitative estimate of drug-likeness (QED) is 0.644. The monoisotopic (exact) mass is 186 g/mol. The van der Waals surface area contributed by atoms with Crippen LogP contribution >= 0.6 is 0 Å². The van der Waals surface area contributed by atoms with Crippen LogP contribution in [0.25, 0.3) is 0 Å². The smallest absolute Gasteiger partial charge is 0.0482 e. The molecular weight excluding hydrogens is 160 g/mol. The van der Waals surface area contributed by atoms with E-state index in [0.29, 0.717) is 6.61 Å². The third kappa shape index (κ3) is 6.09. The summed E-state index contributed by atoms with van der Waals surface area (Å²) < 4.78 is 0. The van der Waals surface area contributed by atoms with Gasteiger partial charge in [0.2, 0.25) is 0 Å².